The Morgan fingerprint density at radius 1 is 1.09 bits per heavy atom. The van der Waals surface area contributed by atoms with E-state index in [1.807, 2.05) is 18.2 Å². The number of quaternary nitrogens is 1. The number of ketones is 1. The van der Waals surface area contributed by atoms with Crippen LogP contribution in [0.3, 0.4) is 0 Å². The van der Waals surface area contributed by atoms with E-state index in [-0.39, 0.29) is 24.1 Å². The van der Waals surface area contributed by atoms with E-state index in [0.717, 1.165) is 54.7 Å². The number of allylic oxidation sites excluding steroid dienone is 1. The van der Waals surface area contributed by atoms with E-state index in [9.17, 15) is 9.59 Å². The number of anilines is 2. The van der Waals surface area contributed by atoms with Crippen LogP contribution in [0.4, 0.5) is 22.2 Å². The molecule has 0 amide bonds. The summed E-state index contributed by atoms with van der Waals surface area (Å²) < 4.78 is 22.1. The molecular formula is C34H38N5O6+. The average Bonchev–Trinajstić information content (AvgIpc) is 3.83. The smallest absolute Gasteiger partial charge is 0.493 e. The number of carbonyl (C=O) groups is 2. The molecule has 2 heterocycles. The third-order valence-corrected chi connectivity index (χ3v) is 7.86. The zero-order valence-electron chi connectivity index (χ0n) is 26.0. The predicted molar refractivity (Wildman–Crippen MR) is 171 cm³/mol. The van der Waals surface area contributed by atoms with Gasteiger partial charge in [-0.15, -0.1) is 0 Å². The van der Waals surface area contributed by atoms with Gasteiger partial charge in [-0.3, -0.25) is 9.28 Å². The fraction of sp³-hybridized carbons (Fsp3) is 0.353. The summed E-state index contributed by atoms with van der Waals surface area (Å²) in [6, 6.07) is 9.31. The summed E-state index contributed by atoms with van der Waals surface area (Å²) in [5, 5.41) is 0. The summed E-state index contributed by atoms with van der Waals surface area (Å²) in [4.78, 5) is 33.8. The molecule has 2 aromatic carbocycles. The molecule has 1 unspecified atom stereocenters. The molecule has 1 aliphatic carbocycles. The third-order valence-electron chi connectivity index (χ3n) is 7.86. The van der Waals surface area contributed by atoms with E-state index in [2.05, 4.69) is 28.7 Å². The van der Waals surface area contributed by atoms with Gasteiger partial charge in [0.1, 0.15) is 17.7 Å². The second-order valence-electron chi connectivity index (χ2n) is 11.2. The summed E-state index contributed by atoms with van der Waals surface area (Å²) >= 11 is 0. The fourth-order valence-corrected chi connectivity index (χ4v) is 5.70. The van der Waals surface area contributed by atoms with E-state index >= 15 is 0 Å². The Bertz CT molecular complexity index is 1720. The van der Waals surface area contributed by atoms with E-state index in [4.69, 9.17) is 30.4 Å². The van der Waals surface area contributed by atoms with Crippen LogP contribution in [0.5, 0.6) is 11.5 Å². The Morgan fingerprint density at radius 3 is 2.56 bits per heavy atom. The van der Waals surface area contributed by atoms with Gasteiger partial charge < -0.3 is 30.4 Å². The molecule has 2 aliphatic rings. The van der Waals surface area contributed by atoms with Crippen LogP contribution in [0.1, 0.15) is 65.7 Å². The minimum absolute atomic E-state index is 0.00494. The zero-order valence-corrected chi connectivity index (χ0v) is 26.0. The highest BCUT2D eigenvalue weighted by Gasteiger charge is 2.44. The molecule has 11 nitrogen and oxygen atoms in total. The van der Waals surface area contributed by atoms with Crippen molar-refractivity contribution in [2.45, 2.75) is 39.5 Å². The molecule has 1 saturated carbocycles. The number of ether oxygens (including phenoxy) is 4. The lowest BCUT2D eigenvalue weighted by Gasteiger charge is -2.38. The second kappa shape index (κ2) is 13.3. The van der Waals surface area contributed by atoms with Gasteiger partial charge in [-0.1, -0.05) is 18.8 Å². The van der Waals surface area contributed by atoms with Crippen LogP contribution < -0.4 is 25.4 Å². The summed E-state index contributed by atoms with van der Waals surface area (Å²) in [6.07, 6.45) is 6.04. The third kappa shape index (κ3) is 6.86. The maximum atomic E-state index is 13.5. The normalized spacial score (nSPS) is 17.0. The Hall–Kier alpha value is -5.08. The summed E-state index contributed by atoms with van der Waals surface area (Å²) in [6.45, 7) is 5.47. The van der Waals surface area contributed by atoms with Gasteiger partial charge in [-0.05, 0) is 56.0 Å². The van der Waals surface area contributed by atoms with Gasteiger partial charge in [0, 0.05) is 35.7 Å². The van der Waals surface area contributed by atoms with Gasteiger partial charge in [0.15, 0.2) is 11.5 Å². The first-order valence-corrected chi connectivity index (χ1v) is 15.0. The average molecular weight is 613 g/mol. The van der Waals surface area contributed by atoms with Crippen molar-refractivity contribution >= 4 is 29.4 Å². The fourth-order valence-electron chi connectivity index (χ4n) is 5.70. The first-order chi connectivity index (χ1) is 21.7. The van der Waals surface area contributed by atoms with Crippen LogP contribution in [0.15, 0.2) is 48.5 Å². The number of fused-ring (bicyclic) bond motifs is 1. The van der Waals surface area contributed by atoms with E-state index in [1.54, 1.807) is 45.7 Å². The van der Waals surface area contributed by atoms with E-state index in [0.29, 0.717) is 45.3 Å². The molecule has 0 radical (unpaired) electrons. The molecule has 3 aromatic rings. The summed E-state index contributed by atoms with van der Waals surface area (Å²) in [7, 11) is 3.13. The maximum Gasteiger partial charge on any atom is 0.514 e. The largest absolute Gasteiger partial charge is 0.514 e. The first kappa shape index (κ1) is 31.3. The number of Topliss-reactive ketones (excluding diaryl/α,β-unsaturated/α-hetero) is 1. The summed E-state index contributed by atoms with van der Waals surface area (Å²) in [5.41, 5.74) is 16.0. The Kier molecular flexibility index (Phi) is 9.25. The van der Waals surface area contributed by atoms with Gasteiger partial charge in [0.25, 0.3) is 0 Å². The Morgan fingerprint density at radius 2 is 1.89 bits per heavy atom. The van der Waals surface area contributed by atoms with Crippen molar-refractivity contribution in [3.05, 3.63) is 76.3 Å². The maximum absolute atomic E-state index is 13.5. The zero-order chi connectivity index (χ0) is 32.1. The number of hydrogen-bond donors (Lipinski definition) is 2. The lowest BCUT2D eigenvalue weighted by molar-refractivity contribution is 0.0684. The molecule has 1 fully saturated rings. The first-order valence-electron chi connectivity index (χ1n) is 15.0. The molecule has 4 N–H and O–H groups in total. The number of nitrogens with two attached hydrogens (primary N) is 2. The quantitative estimate of drug-likeness (QED) is 0.182. The van der Waals surface area contributed by atoms with Gasteiger partial charge in [0.05, 0.1) is 45.0 Å². The van der Waals surface area contributed by atoms with Crippen molar-refractivity contribution in [1.29, 1.82) is 0 Å². The number of aromatic nitrogens is 2. The van der Waals surface area contributed by atoms with Crippen LogP contribution in [0.25, 0.3) is 0 Å². The van der Waals surface area contributed by atoms with Crippen molar-refractivity contribution < 1.29 is 28.5 Å². The van der Waals surface area contributed by atoms with Crippen molar-refractivity contribution in [3.63, 3.8) is 0 Å². The van der Waals surface area contributed by atoms with Crippen LogP contribution in [-0.4, -0.2) is 55.8 Å². The highest BCUT2D eigenvalue weighted by Crippen LogP contribution is 2.42. The molecule has 0 spiro atoms. The van der Waals surface area contributed by atoms with Crippen molar-refractivity contribution in [2.75, 3.05) is 45.4 Å². The van der Waals surface area contributed by atoms with Gasteiger partial charge in [-0.2, -0.15) is 4.98 Å². The predicted octanol–water partition coefficient (Wildman–Crippen LogP) is 4.99. The molecule has 0 bridgehead atoms. The number of rotatable bonds is 10. The van der Waals surface area contributed by atoms with Gasteiger partial charge in [0.2, 0.25) is 17.5 Å². The number of carbonyl (C=O) groups excluding carboxylic acids is 2. The molecule has 1 atom stereocenters. The van der Waals surface area contributed by atoms with Crippen molar-refractivity contribution in [1.82, 2.24) is 14.5 Å². The number of benzene rings is 2. The molecule has 0 saturated heterocycles. The minimum Gasteiger partial charge on any atom is -0.493 e. The molecule has 1 aromatic heterocycles. The minimum atomic E-state index is -0.887. The molecule has 1 aliphatic heterocycles. The summed E-state index contributed by atoms with van der Waals surface area (Å²) in [5.74, 6) is 8.12. The number of methoxy groups -OCH3 is 2. The molecule has 5 rings (SSSR count). The molecule has 45 heavy (non-hydrogen) atoms. The number of nitrogens with zero attached hydrogens (tertiary/aromatic N) is 3. The second-order valence-corrected chi connectivity index (χ2v) is 11.2. The van der Waals surface area contributed by atoms with Gasteiger partial charge >= 0.3 is 6.16 Å². The molecular weight excluding hydrogens is 574 g/mol. The number of nitrogen functional groups attached to an aromatic ring is 2. The highest BCUT2D eigenvalue weighted by molar-refractivity contribution is 6.13. The van der Waals surface area contributed by atoms with Crippen LogP contribution >= 0.6 is 0 Å². The molecule has 234 valence electrons. The topological polar surface area (TPSA) is 149 Å². The lowest BCUT2D eigenvalue weighted by atomic mass is 9.97. The SMILES string of the molecule is CCC[N+]1(CC2CC2)C=C(OC(=O)OCC)C(=O)c2ccc(C#Cc3cc(Cc4cnc(N)nc4N)cc(OC)c3OC)cc21. The Balaban J connectivity index is 1.55. The van der Waals surface area contributed by atoms with Crippen LogP contribution in [-0.2, 0) is 15.9 Å². The lowest BCUT2D eigenvalue weighted by Crippen LogP contribution is -2.50. The standard InChI is InChI=1S/C34H38N5O6/c1-5-13-39(19-22-7-8-22)20-29(45-34(41)44-6-2)30(40)26-12-10-21(16-27(26)39)9-11-24-14-23(17-28(42-3)31(24)43-4)15-25-18-37-33(36)38-32(25)35/h10,12,14,16-18,20,22H,5-8,13,15,19H2,1-4H3,(H4,35,36,37,38)/q+1. The van der Waals surface area contributed by atoms with Crippen LogP contribution in [0, 0.1) is 17.8 Å². The van der Waals surface area contributed by atoms with E-state index in [1.165, 1.54) is 0 Å². The van der Waals surface area contributed by atoms with E-state index < -0.39 is 6.16 Å². The Labute approximate surface area is 262 Å². The van der Waals surface area contributed by atoms with Crippen LogP contribution in [0.2, 0.25) is 0 Å². The van der Waals surface area contributed by atoms with Crippen molar-refractivity contribution in [3.8, 4) is 23.3 Å². The van der Waals surface area contributed by atoms with Gasteiger partial charge in [-0.25, -0.2) is 9.78 Å². The molecule has 11 heteroatoms. The highest BCUT2D eigenvalue weighted by atomic mass is 16.7. The van der Waals surface area contributed by atoms with Crippen molar-refractivity contribution in [2.24, 2.45) is 5.92 Å². The monoisotopic (exact) mass is 612 g/mol. The number of hydrogen-bond acceptors (Lipinski definition) is 10.